The van der Waals surface area contributed by atoms with Gasteiger partial charge in [0.2, 0.25) is 0 Å². The molecule has 6 heteroatoms. The highest BCUT2D eigenvalue weighted by Crippen LogP contribution is 2.19. The Morgan fingerprint density at radius 2 is 2.25 bits per heavy atom. The van der Waals surface area contributed by atoms with E-state index in [1.807, 2.05) is 6.92 Å². The molecule has 1 aromatic rings. The molecule has 1 fully saturated rings. The van der Waals surface area contributed by atoms with Crippen LogP contribution >= 0.6 is 0 Å². The van der Waals surface area contributed by atoms with E-state index in [1.54, 1.807) is 12.1 Å². The van der Waals surface area contributed by atoms with E-state index in [1.165, 1.54) is 12.7 Å². The van der Waals surface area contributed by atoms with Gasteiger partial charge in [0, 0.05) is 31.6 Å². The molecule has 6 nitrogen and oxygen atoms in total. The molecule has 0 radical (unpaired) electrons. The van der Waals surface area contributed by atoms with Gasteiger partial charge < -0.3 is 25.1 Å². The van der Waals surface area contributed by atoms with E-state index >= 15 is 0 Å². The molecule has 2 heterocycles. The van der Waals surface area contributed by atoms with Crippen molar-refractivity contribution in [3.05, 3.63) is 24.2 Å². The van der Waals surface area contributed by atoms with Crippen LogP contribution in [-0.4, -0.2) is 47.8 Å². The number of amides is 2. The van der Waals surface area contributed by atoms with Crippen molar-refractivity contribution in [1.82, 2.24) is 15.5 Å². The number of aliphatic hydroxyl groups is 1. The molecular formula is C18H31N3O3. The summed E-state index contributed by atoms with van der Waals surface area (Å²) in [6, 6.07) is 3.73. The Hall–Kier alpha value is -1.53. The predicted octanol–water partition coefficient (Wildman–Crippen LogP) is 2.51. The minimum Gasteiger partial charge on any atom is -0.467 e. The molecular weight excluding hydrogens is 306 g/mol. The second-order valence-electron chi connectivity index (χ2n) is 7.12. The van der Waals surface area contributed by atoms with Crippen molar-refractivity contribution < 1.29 is 14.3 Å². The average molecular weight is 337 g/mol. The van der Waals surface area contributed by atoms with E-state index in [-0.39, 0.29) is 12.1 Å². The quantitative estimate of drug-likeness (QED) is 0.714. The summed E-state index contributed by atoms with van der Waals surface area (Å²) in [5.41, 5.74) is 0. The standard InChI is InChI=1S/C18H31N3O3/c1-13(2)21-8-4-6-15(12-21)11-19-18(23)20-14(3)10-16(22)17-7-5-9-24-17/h5,7,9,13-16,22H,4,6,8,10-12H2,1-3H3,(H2,19,20,23). The minimum absolute atomic E-state index is 0.136. The number of carbonyl (C=O) groups is 1. The Labute approximate surface area is 144 Å². The van der Waals surface area contributed by atoms with Gasteiger partial charge in [0.15, 0.2) is 0 Å². The maximum absolute atomic E-state index is 12.0. The molecule has 3 atom stereocenters. The molecule has 0 bridgehead atoms. The number of piperidine rings is 1. The maximum Gasteiger partial charge on any atom is 0.315 e. The second kappa shape index (κ2) is 9.08. The molecule has 2 amide bonds. The van der Waals surface area contributed by atoms with Crippen LogP contribution in [0.25, 0.3) is 0 Å². The smallest absolute Gasteiger partial charge is 0.315 e. The minimum atomic E-state index is -0.701. The number of aliphatic hydroxyl groups excluding tert-OH is 1. The summed E-state index contributed by atoms with van der Waals surface area (Å²) in [7, 11) is 0. The highest BCUT2D eigenvalue weighted by atomic mass is 16.4. The van der Waals surface area contributed by atoms with Crippen LogP contribution < -0.4 is 10.6 Å². The van der Waals surface area contributed by atoms with Crippen LogP contribution in [0.4, 0.5) is 4.79 Å². The molecule has 24 heavy (non-hydrogen) atoms. The number of furan rings is 1. The van der Waals surface area contributed by atoms with Gasteiger partial charge in [-0.2, -0.15) is 0 Å². The van der Waals surface area contributed by atoms with Crippen molar-refractivity contribution >= 4 is 6.03 Å². The Bertz CT molecular complexity index is 490. The van der Waals surface area contributed by atoms with Gasteiger partial charge in [-0.3, -0.25) is 0 Å². The summed E-state index contributed by atoms with van der Waals surface area (Å²) >= 11 is 0. The molecule has 3 unspecified atom stereocenters. The Kier molecular flexibility index (Phi) is 7.12. The summed E-state index contributed by atoms with van der Waals surface area (Å²) in [5.74, 6) is 1.04. The Balaban J connectivity index is 1.67. The number of rotatable bonds is 7. The fourth-order valence-corrected chi connectivity index (χ4v) is 3.24. The van der Waals surface area contributed by atoms with Crippen LogP contribution in [0.15, 0.2) is 22.8 Å². The zero-order chi connectivity index (χ0) is 17.5. The van der Waals surface area contributed by atoms with Gasteiger partial charge in [0.05, 0.1) is 6.26 Å². The van der Waals surface area contributed by atoms with Crippen molar-refractivity contribution in [1.29, 1.82) is 0 Å². The van der Waals surface area contributed by atoms with Crippen LogP contribution in [0, 0.1) is 5.92 Å². The first kappa shape index (κ1) is 18.8. The maximum atomic E-state index is 12.0. The van der Waals surface area contributed by atoms with Crippen LogP contribution in [-0.2, 0) is 0 Å². The summed E-state index contributed by atoms with van der Waals surface area (Å²) in [5, 5.41) is 15.9. The molecule has 1 aromatic heterocycles. The molecule has 0 spiro atoms. The molecule has 2 rings (SSSR count). The number of hydrogen-bond donors (Lipinski definition) is 3. The van der Waals surface area contributed by atoms with E-state index in [4.69, 9.17) is 4.42 Å². The SMILES string of the molecule is CC(CC(O)c1ccco1)NC(=O)NCC1CCCN(C(C)C)C1. The fourth-order valence-electron chi connectivity index (χ4n) is 3.24. The van der Waals surface area contributed by atoms with Crippen molar-refractivity contribution in [2.75, 3.05) is 19.6 Å². The van der Waals surface area contributed by atoms with Crippen LogP contribution in [0.3, 0.4) is 0 Å². The summed E-state index contributed by atoms with van der Waals surface area (Å²) in [6.07, 6.45) is 3.61. The molecule has 1 aliphatic rings. The lowest BCUT2D eigenvalue weighted by molar-refractivity contribution is 0.128. The number of hydrogen-bond acceptors (Lipinski definition) is 4. The number of nitrogens with one attached hydrogen (secondary N) is 2. The van der Waals surface area contributed by atoms with E-state index in [2.05, 4.69) is 29.4 Å². The van der Waals surface area contributed by atoms with Gasteiger partial charge in [0.1, 0.15) is 11.9 Å². The van der Waals surface area contributed by atoms with Gasteiger partial charge in [-0.05, 0) is 58.2 Å². The number of likely N-dealkylation sites (tertiary alicyclic amines) is 1. The zero-order valence-corrected chi connectivity index (χ0v) is 15.0. The number of urea groups is 1. The lowest BCUT2D eigenvalue weighted by Crippen LogP contribution is -2.47. The van der Waals surface area contributed by atoms with E-state index in [0.717, 1.165) is 19.5 Å². The van der Waals surface area contributed by atoms with Gasteiger partial charge >= 0.3 is 6.03 Å². The monoisotopic (exact) mass is 337 g/mol. The molecule has 0 aromatic carbocycles. The second-order valence-corrected chi connectivity index (χ2v) is 7.12. The third kappa shape index (κ3) is 5.83. The topological polar surface area (TPSA) is 77.7 Å². The van der Waals surface area contributed by atoms with E-state index in [9.17, 15) is 9.90 Å². The molecule has 3 N–H and O–H groups in total. The third-order valence-corrected chi connectivity index (χ3v) is 4.66. The summed E-state index contributed by atoms with van der Waals surface area (Å²) in [6.45, 7) is 9.21. The number of carbonyl (C=O) groups excluding carboxylic acids is 1. The lowest BCUT2D eigenvalue weighted by atomic mass is 9.97. The van der Waals surface area contributed by atoms with Crippen LogP contribution in [0.5, 0.6) is 0 Å². The van der Waals surface area contributed by atoms with Crippen molar-refractivity contribution in [2.45, 2.75) is 58.2 Å². The fraction of sp³-hybridized carbons (Fsp3) is 0.722. The van der Waals surface area contributed by atoms with Gasteiger partial charge in [-0.15, -0.1) is 0 Å². The largest absolute Gasteiger partial charge is 0.467 e. The molecule has 0 aliphatic carbocycles. The zero-order valence-electron chi connectivity index (χ0n) is 15.0. The van der Waals surface area contributed by atoms with E-state index in [0.29, 0.717) is 30.7 Å². The normalized spacial score (nSPS) is 21.5. The van der Waals surface area contributed by atoms with Crippen LogP contribution in [0.2, 0.25) is 0 Å². The van der Waals surface area contributed by atoms with Gasteiger partial charge in [-0.1, -0.05) is 0 Å². The Morgan fingerprint density at radius 3 is 2.92 bits per heavy atom. The molecule has 1 saturated heterocycles. The van der Waals surface area contributed by atoms with Gasteiger partial charge in [0.25, 0.3) is 0 Å². The molecule has 0 saturated carbocycles. The van der Waals surface area contributed by atoms with Crippen molar-refractivity contribution in [3.63, 3.8) is 0 Å². The Morgan fingerprint density at radius 1 is 1.46 bits per heavy atom. The van der Waals surface area contributed by atoms with Crippen molar-refractivity contribution in [2.24, 2.45) is 5.92 Å². The van der Waals surface area contributed by atoms with Crippen molar-refractivity contribution in [3.8, 4) is 0 Å². The summed E-state index contributed by atoms with van der Waals surface area (Å²) in [4.78, 5) is 14.5. The average Bonchev–Trinajstić information content (AvgIpc) is 3.07. The van der Waals surface area contributed by atoms with E-state index < -0.39 is 6.10 Å². The first-order valence-electron chi connectivity index (χ1n) is 8.95. The highest BCUT2D eigenvalue weighted by Gasteiger charge is 2.22. The van der Waals surface area contributed by atoms with Crippen LogP contribution in [0.1, 0.15) is 51.9 Å². The highest BCUT2D eigenvalue weighted by molar-refractivity contribution is 5.74. The first-order chi connectivity index (χ1) is 11.5. The molecule has 1 aliphatic heterocycles. The van der Waals surface area contributed by atoms with Gasteiger partial charge in [-0.25, -0.2) is 4.79 Å². The molecule has 136 valence electrons. The predicted molar refractivity (Wildman–Crippen MR) is 93.7 cm³/mol. The third-order valence-electron chi connectivity index (χ3n) is 4.66. The lowest BCUT2D eigenvalue weighted by Gasteiger charge is -2.35. The first-order valence-corrected chi connectivity index (χ1v) is 8.95. The number of nitrogens with zero attached hydrogens (tertiary/aromatic N) is 1. The summed E-state index contributed by atoms with van der Waals surface area (Å²) < 4.78 is 5.17.